The molecule has 0 spiro atoms. The quantitative estimate of drug-likeness (QED) is 0.742. The van der Waals surface area contributed by atoms with Crippen molar-refractivity contribution in [1.29, 1.82) is 0 Å². The minimum absolute atomic E-state index is 0.229. The van der Waals surface area contributed by atoms with Crippen molar-refractivity contribution >= 4 is 41.6 Å². The highest BCUT2D eigenvalue weighted by atomic mass is 79.9. The second-order valence-corrected chi connectivity index (χ2v) is 7.13. The molecule has 1 aromatic carbocycles. The van der Waals surface area contributed by atoms with Gasteiger partial charge in [-0.25, -0.2) is 17.2 Å². The molecular weight excluding hydrogens is 380 g/mol. The summed E-state index contributed by atoms with van der Waals surface area (Å²) >= 11 is 2.72. The zero-order valence-corrected chi connectivity index (χ0v) is 13.7. The van der Waals surface area contributed by atoms with Gasteiger partial charge in [0.15, 0.2) is 5.82 Å². The maximum Gasteiger partial charge on any atom is 0.265 e. The Morgan fingerprint density at radius 1 is 1.35 bits per heavy atom. The maximum absolute atomic E-state index is 14.2. The van der Waals surface area contributed by atoms with Crippen LogP contribution in [0.1, 0.15) is 24.2 Å². The number of halogens is 4. The van der Waals surface area contributed by atoms with Crippen LogP contribution in [0, 0.1) is 11.6 Å². The Balaban J connectivity index is 3.61. The molecule has 0 aromatic heterocycles. The van der Waals surface area contributed by atoms with E-state index in [1.807, 2.05) is 0 Å². The Bertz CT molecular complexity index is 648. The van der Waals surface area contributed by atoms with E-state index in [-0.39, 0.29) is 17.6 Å². The van der Waals surface area contributed by atoms with Crippen LogP contribution in [-0.4, -0.2) is 32.3 Å². The van der Waals surface area contributed by atoms with E-state index in [2.05, 4.69) is 15.9 Å². The Labute approximate surface area is 128 Å². The smallest absolute Gasteiger partial charge is 0.265 e. The molecule has 0 saturated heterocycles. The van der Waals surface area contributed by atoms with Crippen LogP contribution in [0.3, 0.4) is 0 Å². The first-order valence-corrected chi connectivity index (χ1v) is 8.66. The molecule has 0 atom stereocenters. The normalized spacial score (nSPS) is 11.5. The molecule has 0 saturated carbocycles. The molecule has 1 rings (SSSR count). The first-order chi connectivity index (χ1) is 9.15. The molecule has 9 heteroatoms. The van der Waals surface area contributed by atoms with Crippen LogP contribution in [0.25, 0.3) is 0 Å². The highest BCUT2D eigenvalue weighted by Gasteiger charge is 2.30. The van der Waals surface area contributed by atoms with Crippen molar-refractivity contribution in [3.63, 3.8) is 0 Å². The Hall–Kier alpha value is -0.730. The van der Waals surface area contributed by atoms with Crippen LogP contribution < -0.4 is 0 Å². The van der Waals surface area contributed by atoms with Crippen molar-refractivity contribution in [2.75, 3.05) is 13.1 Å². The van der Waals surface area contributed by atoms with Gasteiger partial charge < -0.3 is 4.90 Å². The summed E-state index contributed by atoms with van der Waals surface area (Å²) in [4.78, 5) is 12.3. The van der Waals surface area contributed by atoms with E-state index in [0.29, 0.717) is 6.07 Å². The molecule has 0 fully saturated rings. The Morgan fingerprint density at radius 3 is 2.25 bits per heavy atom. The van der Waals surface area contributed by atoms with Crippen LogP contribution in [0.15, 0.2) is 15.4 Å². The predicted octanol–water partition coefficient (Wildman–Crippen LogP) is 3.14. The molecule has 1 aromatic rings. The number of carbonyl (C=O) groups excluding carboxylic acids is 1. The SMILES string of the molecule is CCN(CC)C(=O)c1c(F)cc(Br)c(S(=O)(=O)Cl)c1F. The van der Waals surface area contributed by atoms with Gasteiger partial charge >= 0.3 is 0 Å². The number of hydrogen-bond acceptors (Lipinski definition) is 3. The lowest BCUT2D eigenvalue weighted by Gasteiger charge is -2.20. The van der Waals surface area contributed by atoms with Crippen molar-refractivity contribution < 1.29 is 22.0 Å². The van der Waals surface area contributed by atoms with Crippen molar-refractivity contribution in [2.24, 2.45) is 0 Å². The summed E-state index contributed by atoms with van der Waals surface area (Å²) in [6.07, 6.45) is 0. The van der Waals surface area contributed by atoms with Crippen LogP contribution in [-0.2, 0) is 9.05 Å². The summed E-state index contributed by atoms with van der Waals surface area (Å²) in [5.41, 5.74) is -0.934. The number of hydrogen-bond donors (Lipinski definition) is 0. The monoisotopic (exact) mass is 389 g/mol. The molecule has 112 valence electrons. The molecule has 0 aliphatic carbocycles. The highest BCUT2D eigenvalue weighted by Crippen LogP contribution is 2.32. The third kappa shape index (κ3) is 3.29. The summed E-state index contributed by atoms with van der Waals surface area (Å²) in [5.74, 6) is -3.59. The first kappa shape index (κ1) is 17.3. The van der Waals surface area contributed by atoms with Crippen molar-refractivity contribution in [2.45, 2.75) is 18.7 Å². The van der Waals surface area contributed by atoms with Crippen molar-refractivity contribution in [3.8, 4) is 0 Å². The zero-order valence-electron chi connectivity index (χ0n) is 10.6. The van der Waals surface area contributed by atoms with E-state index in [4.69, 9.17) is 10.7 Å². The van der Waals surface area contributed by atoms with Gasteiger partial charge in [-0.2, -0.15) is 0 Å². The minimum atomic E-state index is -4.46. The van der Waals surface area contributed by atoms with E-state index in [1.54, 1.807) is 13.8 Å². The second kappa shape index (κ2) is 6.36. The largest absolute Gasteiger partial charge is 0.339 e. The number of rotatable bonds is 4. The van der Waals surface area contributed by atoms with Crippen LogP contribution >= 0.6 is 26.6 Å². The Kier molecular flexibility index (Phi) is 5.51. The van der Waals surface area contributed by atoms with E-state index in [0.717, 1.165) is 0 Å². The molecule has 0 aliphatic heterocycles. The lowest BCUT2D eigenvalue weighted by atomic mass is 10.1. The molecule has 0 heterocycles. The molecule has 4 nitrogen and oxygen atoms in total. The van der Waals surface area contributed by atoms with Gasteiger partial charge in [-0.3, -0.25) is 4.79 Å². The molecule has 0 N–H and O–H groups in total. The fourth-order valence-corrected chi connectivity index (χ4v) is 4.02. The Morgan fingerprint density at radius 2 is 1.85 bits per heavy atom. The third-order valence-electron chi connectivity index (χ3n) is 2.64. The molecule has 0 bridgehead atoms. The predicted molar refractivity (Wildman–Crippen MR) is 74.3 cm³/mol. The average Bonchev–Trinajstić information content (AvgIpc) is 2.27. The summed E-state index contributed by atoms with van der Waals surface area (Å²) < 4.78 is 50.3. The highest BCUT2D eigenvalue weighted by molar-refractivity contribution is 9.10. The first-order valence-electron chi connectivity index (χ1n) is 5.56. The van der Waals surface area contributed by atoms with E-state index < -0.39 is 37.1 Å². The lowest BCUT2D eigenvalue weighted by molar-refractivity contribution is 0.0762. The van der Waals surface area contributed by atoms with Crippen LogP contribution in [0.5, 0.6) is 0 Å². The zero-order chi connectivity index (χ0) is 15.7. The van der Waals surface area contributed by atoms with Gasteiger partial charge in [0.1, 0.15) is 16.3 Å². The average molecular weight is 391 g/mol. The summed E-state index contributed by atoms with van der Waals surface area (Å²) in [7, 11) is 0.637. The number of amides is 1. The van der Waals surface area contributed by atoms with Gasteiger partial charge in [-0.05, 0) is 35.8 Å². The van der Waals surface area contributed by atoms with Crippen molar-refractivity contribution in [1.82, 2.24) is 4.90 Å². The summed E-state index contributed by atoms with van der Waals surface area (Å²) in [6.45, 7) is 3.73. The van der Waals surface area contributed by atoms with Gasteiger partial charge in [0.2, 0.25) is 0 Å². The standard InChI is InChI=1S/C11H11BrClF2NO3S/c1-3-16(4-2)11(17)8-7(14)5-6(12)10(9(8)15)20(13,18)19/h5H,3-4H2,1-2H3. The maximum atomic E-state index is 14.2. The molecule has 20 heavy (non-hydrogen) atoms. The molecule has 0 aliphatic rings. The van der Waals surface area contributed by atoms with E-state index in [9.17, 15) is 22.0 Å². The minimum Gasteiger partial charge on any atom is -0.339 e. The number of carbonyl (C=O) groups is 1. The molecule has 1 amide bonds. The third-order valence-corrected chi connectivity index (χ3v) is 4.87. The van der Waals surface area contributed by atoms with Gasteiger partial charge in [0.25, 0.3) is 15.0 Å². The van der Waals surface area contributed by atoms with Gasteiger partial charge in [-0.1, -0.05) is 0 Å². The van der Waals surface area contributed by atoms with Gasteiger partial charge in [-0.15, -0.1) is 0 Å². The molecule has 0 radical (unpaired) electrons. The van der Waals surface area contributed by atoms with Gasteiger partial charge in [0.05, 0.1) is 0 Å². The topological polar surface area (TPSA) is 54.5 Å². The summed E-state index contributed by atoms with van der Waals surface area (Å²) in [6, 6.07) is 0.703. The summed E-state index contributed by atoms with van der Waals surface area (Å²) in [5, 5.41) is 0. The van der Waals surface area contributed by atoms with Gasteiger partial charge in [0, 0.05) is 28.2 Å². The van der Waals surface area contributed by atoms with E-state index in [1.165, 1.54) is 4.90 Å². The van der Waals surface area contributed by atoms with Crippen LogP contribution in [0.4, 0.5) is 8.78 Å². The number of nitrogens with zero attached hydrogens (tertiary/aromatic N) is 1. The number of benzene rings is 1. The van der Waals surface area contributed by atoms with Crippen LogP contribution in [0.2, 0.25) is 0 Å². The second-order valence-electron chi connectivity index (χ2n) is 3.77. The fraction of sp³-hybridized carbons (Fsp3) is 0.364. The fourth-order valence-electron chi connectivity index (χ4n) is 1.66. The lowest BCUT2D eigenvalue weighted by Crippen LogP contribution is -2.32. The van der Waals surface area contributed by atoms with E-state index >= 15 is 0 Å². The molecular formula is C11H11BrClF2NO3S. The molecule has 0 unspecified atom stereocenters. The van der Waals surface area contributed by atoms with Crippen molar-refractivity contribution in [3.05, 3.63) is 27.7 Å².